The van der Waals surface area contributed by atoms with Crippen molar-refractivity contribution < 1.29 is 0 Å². The lowest BCUT2D eigenvalue weighted by Gasteiger charge is -2.19. The Kier molecular flexibility index (Phi) is 6.44. The van der Waals surface area contributed by atoms with E-state index in [1.54, 1.807) is 6.33 Å². The Balaban J connectivity index is 0.00000210. The second kappa shape index (κ2) is 8.98. The van der Waals surface area contributed by atoms with Crippen molar-refractivity contribution >= 4 is 35.6 Å². The number of para-hydroxylation sites is 1. The van der Waals surface area contributed by atoms with Gasteiger partial charge in [-0.2, -0.15) is 0 Å². The topological polar surface area (TPSA) is 81.1 Å². The number of guanidine groups is 1. The van der Waals surface area contributed by atoms with Crippen LogP contribution in [-0.2, 0) is 19.4 Å². The van der Waals surface area contributed by atoms with Crippen molar-refractivity contribution in [2.45, 2.75) is 32.2 Å². The van der Waals surface area contributed by atoms with Gasteiger partial charge in [-0.3, -0.25) is 4.57 Å². The van der Waals surface area contributed by atoms with Crippen molar-refractivity contribution in [1.29, 1.82) is 0 Å². The van der Waals surface area contributed by atoms with Crippen molar-refractivity contribution in [3.05, 3.63) is 71.8 Å². The highest BCUT2D eigenvalue weighted by molar-refractivity contribution is 14.0. The highest BCUT2D eigenvalue weighted by Crippen LogP contribution is 2.27. The zero-order valence-electron chi connectivity index (χ0n) is 15.0. The summed E-state index contributed by atoms with van der Waals surface area (Å²) in [4.78, 5) is 4.46. The largest absolute Gasteiger partial charge is 0.370 e. The molecule has 140 valence electrons. The molecule has 27 heavy (non-hydrogen) atoms. The van der Waals surface area contributed by atoms with E-state index in [2.05, 4.69) is 38.7 Å². The second-order valence-corrected chi connectivity index (χ2v) is 6.43. The molecule has 0 amide bonds. The summed E-state index contributed by atoms with van der Waals surface area (Å²) in [6.07, 6.45) is 6.41. The van der Waals surface area contributed by atoms with E-state index < -0.39 is 0 Å². The van der Waals surface area contributed by atoms with Gasteiger partial charge in [-0.15, -0.1) is 34.2 Å². The van der Waals surface area contributed by atoms with E-state index in [0.29, 0.717) is 12.5 Å². The molecule has 0 atom stereocenters. The maximum atomic E-state index is 6.13. The average Bonchev–Trinajstić information content (AvgIpc) is 3.16. The van der Waals surface area contributed by atoms with E-state index in [0.717, 1.165) is 30.0 Å². The Hall–Kier alpha value is -2.42. The molecule has 3 aromatic rings. The number of aryl methyl sites for hydroxylation is 1. The van der Waals surface area contributed by atoms with Crippen LogP contribution < -0.4 is 11.1 Å². The van der Waals surface area contributed by atoms with Gasteiger partial charge in [-0.05, 0) is 55.0 Å². The average molecular weight is 474 g/mol. The number of halogens is 1. The predicted octanol–water partition coefficient (Wildman–Crippen LogP) is 3.69. The quantitative estimate of drug-likeness (QED) is 0.344. The van der Waals surface area contributed by atoms with Gasteiger partial charge in [0.2, 0.25) is 0 Å². The minimum atomic E-state index is 0. The summed E-state index contributed by atoms with van der Waals surface area (Å²) in [5.41, 5.74) is 11.0. The summed E-state index contributed by atoms with van der Waals surface area (Å²) in [5, 5.41) is 11.4. The van der Waals surface area contributed by atoms with Gasteiger partial charge in [-0.1, -0.05) is 30.3 Å². The minimum absolute atomic E-state index is 0. The van der Waals surface area contributed by atoms with Crippen molar-refractivity contribution in [3.8, 4) is 5.69 Å². The molecule has 1 aliphatic rings. The highest BCUT2D eigenvalue weighted by Gasteiger charge is 2.13. The van der Waals surface area contributed by atoms with Crippen LogP contribution >= 0.6 is 24.0 Å². The first kappa shape index (κ1) is 19.3. The predicted molar refractivity (Wildman–Crippen MR) is 119 cm³/mol. The summed E-state index contributed by atoms with van der Waals surface area (Å²) in [5.74, 6) is 1.14. The van der Waals surface area contributed by atoms with Gasteiger partial charge in [0.05, 0.1) is 0 Å². The van der Waals surface area contributed by atoms with Crippen molar-refractivity contribution in [2.24, 2.45) is 10.7 Å². The molecular weight excluding hydrogens is 451 g/mol. The van der Waals surface area contributed by atoms with E-state index >= 15 is 0 Å². The minimum Gasteiger partial charge on any atom is -0.370 e. The van der Waals surface area contributed by atoms with Crippen LogP contribution in [0.15, 0.2) is 59.9 Å². The number of nitrogens with two attached hydrogens (primary N) is 1. The number of benzene rings is 2. The van der Waals surface area contributed by atoms with Crippen molar-refractivity contribution in [3.63, 3.8) is 0 Å². The molecule has 1 aliphatic carbocycles. The van der Waals surface area contributed by atoms with Crippen LogP contribution in [0.25, 0.3) is 5.69 Å². The van der Waals surface area contributed by atoms with Gasteiger partial charge >= 0.3 is 0 Å². The standard InChI is InChI=1S/C20H22N6.HI/c21-20(24-18-12-6-8-15-7-4-5-11-17(15)18)22-13-19-25-23-14-26(19)16-9-2-1-3-10-16;/h1-3,6,8-10,12,14H,4-5,7,11,13H2,(H3,21,22,24);1H. The van der Waals surface area contributed by atoms with Crippen LogP contribution in [0.4, 0.5) is 5.69 Å². The number of fused-ring (bicyclic) bond motifs is 1. The fraction of sp³-hybridized carbons (Fsp3) is 0.250. The van der Waals surface area contributed by atoms with Crippen molar-refractivity contribution in [2.75, 3.05) is 5.32 Å². The Morgan fingerprint density at radius 1 is 1.07 bits per heavy atom. The summed E-state index contributed by atoms with van der Waals surface area (Å²) >= 11 is 0. The Bertz CT molecular complexity index is 919. The summed E-state index contributed by atoms with van der Waals surface area (Å²) < 4.78 is 1.92. The monoisotopic (exact) mass is 474 g/mol. The van der Waals surface area contributed by atoms with Crippen LogP contribution in [0.1, 0.15) is 29.8 Å². The molecule has 4 rings (SSSR count). The number of nitrogens with zero attached hydrogens (tertiary/aromatic N) is 4. The van der Waals surface area contributed by atoms with Crippen LogP contribution in [-0.4, -0.2) is 20.7 Å². The molecule has 0 aliphatic heterocycles. The Morgan fingerprint density at radius 2 is 1.89 bits per heavy atom. The molecule has 0 unspecified atom stereocenters. The van der Waals surface area contributed by atoms with Gasteiger partial charge in [-0.25, -0.2) is 4.99 Å². The molecule has 0 spiro atoms. The fourth-order valence-electron chi connectivity index (χ4n) is 3.40. The first-order valence-electron chi connectivity index (χ1n) is 8.93. The van der Waals surface area contributed by atoms with Crippen molar-refractivity contribution in [1.82, 2.24) is 14.8 Å². The van der Waals surface area contributed by atoms with Gasteiger partial charge in [0.25, 0.3) is 0 Å². The molecule has 3 N–H and O–H groups in total. The third-order valence-corrected chi connectivity index (χ3v) is 4.70. The van der Waals surface area contributed by atoms with Gasteiger partial charge in [0, 0.05) is 11.4 Å². The van der Waals surface area contributed by atoms with E-state index in [1.807, 2.05) is 34.9 Å². The lowest BCUT2D eigenvalue weighted by molar-refractivity contribution is 0.687. The Labute approximate surface area is 175 Å². The third kappa shape index (κ3) is 4.47. The highest BCUT2D eigenvalue weighted by atomic mass is 127. The van der Waals surface area contributed by atoms with Gasteiger partial charge in [0.15, 0.2) is 11.8 Å². The van der Waals surface area contributed by atoms with E-state index in [9.17, 15) is 0 Å². The summed E-state index contributed by atoms with van der Waals surface area (Å²) in [6, 6.07) is 16.3. The van der Waals surface area contributed by atoms with Crippen LogP contribution in [0, 0.1) is 0 Å². The SMILES string of the molecule is I.NC(=NCc1nncn1-c1ccccc1)Nc1cccc2c1CCCC2. The molecule has 0 saturated heterocycles. The molecule has 0 fully saturated rings. The first-order valence-corrected chi connectivity index (χ1v) is 8.93. The number of aliphatic imine (C=N–C) groups is 1. The number of hydrogen-bond acceptors (Lipinski definition) is 3. The van der Waals surface area contributed by atoms with Gasteiger partial charge in [0.1, 0.15) is 12.9 Å². The first-order chi connectivity index (χ1) is 12.8. The fourth-order valence-corrected chi connectivity index (χ4v) is 3.40. The zero-order chi connectivity index (χ0) is 17.8. The molecule has 0 saturated carbocycles. The van der Waals surface area contributed by atoms with Crippen LogP contribution in [0.2, 0.25) is 0 Å². The molecule has 1 aromatic heterocycles. The van der Waals surface area contributed by atoms with E-state index in [4.69, 9.17) is 5.73 Å². The van der Waals surface area contributed by atoms with E-state index in [1.165, 1.54) is 24.0 Å². The lowest BCUT2D eigenvalue weighted by Crippen LogP contribution is -2.24. The van der Waals surface area contributed by atoms with E-state index in [-0.39, 0.29) is 24.0 Å². The molecule has 2 aromatic carbocycles. The molecule has 0 bridgehead atoms. The number of hydrogen-bond donors (Lipinski definition) is 2. The molecule has 6 nitrogen and oxygen atoms in total. The number of aromatic nitrogens is 3. The second-order valence-electron chi connectivity index (χ2n) is 6.43. The lowest BCUT2D eigenvalue weighted by atomic mass is 9.90. The maximum absolute atomic E-state index is 6.13. The molecule has 1 heterocycles. The normalized spacial score (nSPS) is 13.6. The molecule has 7 heteroatoms. The number of rotatable bonds is 4. The van der Waals surface area contributed by atoms with Crippen LogP contribution in [0.3, 0.4) is 0 Å². The zero-order valence-corrected chi connectivity index (χ0v) is 17.3. The summed E-state index contributed by atoms with van der Waals surface area (Å²) in [6.45, 7) is 0.364. The molecular formula is C20H23IN6. The van der Waals surface area contributed by atoms with Crippen LogP contribution in [0.5, 0.6) is 0 Å². The smallest absolute Gasteiger partial charge is 0.193 e. The number of anilines is 1. The maximum Gasteiger partial charge on any atom is 0.193 e. The third-order valence-electron chi connectivity index (χ3n) is 4.70. The molecule has 0 radical (unpaired) electrons. The Morgan fingerprint density at radius 3 is 2.74 bits per heavy atom. The summed E-state index contributed by atoms with van der Waals surface area (Å²) in [7, 11) is 0. The van der Waals surface area contributed by atoms with Gasteiger partial charge < -0.3 is 11.1 Å². The number of nitrogens with one attached hydrogen (secondary N) is 1.